The second-order valence-electron chi connectivity index (χ2n) is 11.0. The summed E-state index contributed by atoms with van der Waals surface area (Å²) in [5.74, 6) is -0.309. The molecular formula is C36H36N2O6S. The zero-order valence-electron chi connectivity index (χ0n) is 26.0. The van der Waals surface area contributed by atoms with Crippen molar-refractivity contribution in [1.29, 1.82) is 0 Å². The van der Waals surface area contributed by atoms with Crippen molar-refractivity contribution in [3.8, 4) is 0 Å². The lowest BCUT2D eigenvalue weighted by Crippen LogP contribution is -2.30. The molecule has 1 aromatic heterocycles. The van der Waals surface area contributed by atoms with E-state index in [4.69, 9.17) is 9.15 Å². The van der Waals surface area contributed by atoms with Crippen LogP contribution < -0.4 is 4.90 Å². The summed E-state index contributed by atoms with van der Waals surface area (Å²) in [7, 11) is -3.89. The molecule has 3 aromatic carbocycles. The Morgan fingerprint density at radius 3 is 2.27 bits per heavy atom. The molecule has 2 heterocycles. The molecular weight excluding hydrogens is 588 g/mol. The van der Waals surface area contributed by atoms with Gasteiger partial charge in [0.15, 0.2) is 0 Å². The molecule has 0 aliphatic carbocycles. The quantitative estimate of drug-likeness (QED) is 0.141. The highest BCUT2D eigenvalue weighted by Gasteiger charge is 2.38. The molecule has 8 nitrogen and oxygen atoms in total. The molecule has 0 spiro atoms. The average Bonchev–Trinajstić information content (AvgIpc) is 3.55. The topological polar surface area (TPSA) is 97.1 Å². The highest BCUT2D eigenvalue weighted by atomic mass is 32.2. The summed E-state index contributed by atoms with van der Waals surface area (Å²) in [6.07, 6.45) is 1.51. The molecule has 1 aliphatic rings. The van der Waals surface area contributed by atoms with E-state index >= 15 is 0 Å². The van der Waals surface area contributed by atoms with Crippen molar-refractivity contribution in [2.45, 2.75) is 52.6 Å². The molecule has 232 valence electrons. The Morgan fingerprint density at radius 2 is 1.60 bits per heavy atom. The van der Waals surface area contributed by atoms with Crippen molar-refractivity contribution in [2.24, 2.45) is 0 Å². The smallest absolute Gasteiger partial charge is 0.340 e. The van der Waals surface area contributed by atoms with E-state index in [1.54, 1.807) is 50.2 Å². The van der Waals surface area contributed by atoms with E-state index in [1.165, 1.54) is 15.3 Å². The monoisotopic (exact) mass is 624 g/mol. The summed E-state index contributed by atoms with van der Waals surface area (Å²) in [6, 6.07) is 25.1. The van der Waals surface area contributed by atoms with Gasteiger partial charge in [0.05, 0.1) is 29.2 Å². The van der Waals surface area contributed by atoms with Crippen molar-refractivity contribution in [2.75, 3.05) is 11.5 Å². The standard InChI is InChI=1S/C36H36N2O6S/c1-6-43-36(40)34-27(5)38(29-15-14-25(3)26(4)20-29)35(39)33(34)21-30-16-17-31(44-30)23-37(22-28-10-8-7-9-11-28)45(41,42)32-18-12-24(2)13-19-32/h7-21H,6,22-23H2,1-5H3/b33-21+. The van der Waals surface area contributed by atoms with E-state index in [9.17, 15) is 18.0 Å². The van der Waals surface area contributed by atoms with Crippen LogP contribution in [0, 0.1) is 20.8 Å². The number of rotatable bonds is 10. The molecule has 4 aromatic rings. The molecule has 1 aliphatic heterocycles. The minimum atomic E-state index is -3.89. The van der Waals surface area contributed by atoms with E-state index in [-0.39, 0.29) is 41.6 Å². The van der Waals surface area contributed by atoms with Crippen molar-refractivity contribution in [3.05, 3.63) is 136 Å². The fourth-order valence-corrected chi connectivity index (χ4v) is 6.60. The number of carbonyl (C=O) groups is 2. The summed E-state index contributed by atoms with van der Waals surface area (Å²) in [6.45, 7) is 9.51. The number of amides is 1. The Balaban J connectivity index is 1.49. The Labute approximate surface area is 264 Å². The van der Waals surface area contributed by atoms with Crippen LogP contribution in [0.3, 0.4) is 0 Å². The zero-order valence-corrected chi connectivity index (χ0v) is 26.9. The van der Waals surface area contributed by atoms with Crippen LogP contribution in [0.5, 0.6) is 0 Å². The fourth-order valence-electron chi connectivity index (χ4n) is 5.20. The maximum atomic E-state index is 13.8. The average molecular weight is 625 g/mol. The van der Waals surface area contributed by atoms with Gasteiger partial charge in [0, 0.05) is 17.9 Å². The summed E-state index contributed by atoms with van der Waals surface area (Å²) >= 11 is 0. The number of furan rings is 1. The summed E-state index contributed by atoms with van der Waals surface area (Å²) in [5.41, 5.74) is 5.27. The Bertz CT molecular complexity index is 1900. The van der Waals surface area contributed by atoms with Crippen molar-refractivity contribution >= 4 is 33.7 Å². The van der Waals surface area contributed by atoms with E-state index in [2.05, 4.69) is 0 Å². The first-order chi connectivity index (χ1) is 21.5. The SMILES string of the molecule is CCOC(=O)C1=C(C)N(c2ccc(C)c(C)c2)C(=O)/C1=C/c1ccc(CN(Cc2ccccc2)S(=O)(=O)c2ccc(C)cc2)o1. The Morgan fingerprint density at radius 1 is 0.889 bits per heavy atom. The van der Waals surface area contributed by atoms with Gasteiger partial charge in [-0.1, -0.05) is 54.1 Å². The summed E-state index contributed by atoms with van der Waals surface area (Å²) in [5, 5.41) is 0. The number of aryl methyl sites for hydroxylation is 3. The number of allylic oxidation sites excluding steroid dienone is 1. The molecule has 0 saturated carbocycles. The molecule has 9 heteroatoms. The van der Waals surface area contributed by atoms with Gasteiger partial charge in [0.1, 0.15) is 11.5 Å². The van der Waals surface area contributed by atoms with Crippen LogP contribution in [0.2, 0.25) is 0 Å². The first kappa shape index (κ1) is 31.7. The van der Waals surface area contributed by atoms with Crippen LogP contribution in [-0.2, 0) is 37.4 Å². The van der Waals surface area contributed by atoms with Gasteiger partial charge in [-0.05, 0) is 93.8 Å². The van der Waals surface area contributed by atoms with Gasteiger partial charge < -0.3 is 9.15 Å². The fraction of sp³-hybridized carbons (Fsp3) is 0.222. The van der Waals surface area contributed by atoms with Crippen molar-refractivity contribution < 1.29 is 27.2 Å². The summed E-state index contributed by atoms with van der Waals surface area (Å²) in [4.78, 5) is 28.6. The van der Waals surface area contributed by atoms with Crippen LogP contribution in [0.1, 0.15) is 47.6 Å². The van der Waals surface area contributed by atoms with Crippen molar-refractivity contribution in [3.63, 3.8) is 0 Å². The molecule has 0 N–H and O–H groups in total. The first-order valence-corrected chi connectivity index (χ1v) is 16.1. The van der Waals surface area contributed by atoms with Gasteiger partial charge in [-0.2, -0.15) is 4.31 Å². The van der Waals surface area contributed by atoms with Crippen LogP contribution in [0.15, 0.2) is 111 Å². The maximum absolute atomic E-state index is 13.8. The number of ether oxygens (including phenoxy) is 1. The Hall–Kier alpha value is -4.73. The number of benzene rings is 3. The van der Waals surface area contributed by atoms with Crippen molar-refractivity contribution in [1.82, 2.24) is 4.31 Å². The highest BCUT2D eigenvalue weighted by Crippen LogP contribution is 2.36. The second kappa shape index (κ2) is 13.1. The third-order valence-corrected chi connectivity index (χ3v) is 9.60. The lowest BCUT2D eigenvalue weighted by atomic mass is 10.1. The molecule has 0 bridgehead atoms. The second-order valence-corrected chi connectivity index (χ2v) is 13.0. The van der Waals surface area contributed by atoms with Crippen LogP contribution in [0.4, 0.5) is 5.69 Å². The lowest BCUT2D eigenvalue weighted by molar-refractivity contribution is -0.138. The van der Waals surface area contributed by atoms with Gasteiger partial charge in [-0.15, -0.1) is 0 Å². The minimum absolute atomic E-state index is 0.0450. The molecule has 1 amide bonds. The number of carbonyl (C=O) groups excluding carboxylic acids is 2. The van der Waals surface area contributed by atoms with Crippen LogP contribution in [-0.4, -0.2) is 31.2 Å². The third kappa shape index (κ3) is 6.69. The van der Waals surface area contributed by atoms with E-state index in [0.29, 0.717) is 22.9 Å². The number of hydrogen-bond acceptors (Lipinski definition) is 6. The number of esters is 1. The molecule has 0 radical (unpaired) electrons. The number of hydrogen-bond donors (Lipinski definition) is 0. The lowest BCUT2D eigenvalue weighted by Gasteiger charge is -2.21. The Kier molecular flexibility index (Phi) is 9.22. The van der Waals surface area contributed by atoms with Crippen LogP contribution in [0.25, 0.3) is 6.08 Å². The normalized spacial score (nSPS) is 14.6. The van der Waals surface area contributed by atoms with E-state index in [1.807, 2.05) is 69.3 Å². The zero-order chi connectivity index (χ0) is 32.3. The van der Waals surface area contributed by atoms with Gasteiger partial charge in [-0.25, -0.2) is 13.2 Å². The third-order valence-electron chi connectivity index (χ3n) is 7.79. The molecule has 0 fully saturated rings. The predicted molar refractivity (Wildman–Crippen MR) is 173 cm³/mol. The van der Waals surface area contributed by atoms with Gasteiger partial charge in [0.25, 0.3) is 5.91 Å². The molecule has 45 heavy (non-hydrogen) atoms. The highest BCUT2D eigenvalue weighted by molar-refractivity contribution is 7.89. The number of sulfonamides is 1. The number of anilines is 1. The van der Waals surface area contributed by atoms with Gasteiger partial charge >= 0.3 is 5.97 Å². The molecule has 0 atom stereocenters. The van der Waals surface area contributed by atoms with Crippen LogP contribution >= 0.6 is 0 Å². The maximum Gasteiger partial charge on any atom is 0.340 e. The van der Waals surface area contributed by atoms with Gasteiger partial charge in [-0.3, -0.25) is 9.69 Å². The molecule has 0 unspecified atom stereocenters. The number of nitrogens with zero attached hydrogens (tertiary/aromatic N) is 2. The van der Waals surface area contributed by atoms with E-state index < -0.39 is 16.0 Å². The molecule has 0 saturated heterocycles. The van der Waals surface area contributed by atoms with Gasteiger partial charge in [0.2, 0.25) is 10.0 Å². The molecule has 5 rings (SSSR count). The largest absolute Gasteiger partial charge is 0.462 e. The summed E-state index contributed by atoms with van der Waals surface area (Å²) < 4.78 is 40.3. The first-order valence-electron chi connectivity index (χ1n) is 14.7. The predicted octanol–water partition coefficient (Wildman–Crippen LogP) is 6.86. The van der Waals surface area contributed by atoms with E-state index in [0.717, 1.165) is 22.3 Å². The minimum Gasteiger partial charge on any atom is -0.462 e.